The van der Waals surface area contributed by atoms with Gasteiger partial charge in [0, 0.05) is 19.0 Å². The maximum absolute atomic E-state index is 13.4. The average molecular weight is 323 g/mol. The van der Waals surface area contributed by atoms with Crippen molar-refractivity contribution >= 4 is 11.9 Å². The van der Waals surface area contributed by atoms with Crippen LogP contribution >= 0.6 is 0 Å². The van der Waals surface area contributed by atoms with E-state index in [1.165, 1.54) is 6.07 Å². The summed E-state index contributed by atoms with van der Waals surface area (Å²) >= 11 is 0. The monoisotopic (exact) mass is 323 g/mol. The van der Waals surface area contributed by atoms with Gasteiger partial charge in [-0.2, -0.15) is 0 Å². The maximum atomic E-state index is 13.4. The highest BCUT2D eigenvalue weighted by atomic mass is 19.1. The highest BCUT2D eigenvalue weighted by molar-refractivity contribution is 5.78. The van der Waals surface area contributed by atoms with Gasteiger partial charge in [-0.1, -0.05) is 12.1 Å². The Kier molecular flexibility index (Phi) is 5.78. The van der Waals surface area contributed by atoms with E-state index in [4.69, 9.17) is 10.5 Å². The fourth-order valence-corrected chi connectivity index (χ4v) is 2.49. The minimum atomic E-state index is -0.431. The van der Waals surface area contributed by atoms with E-state index in [-0.39, 0.29) is 36.3 Å². The molecule has 1 aliphatic rings. The van der Waals surface area contributed by atoms with E-state index in [2.05, 4.69) is 5.32 Å². The molecule has 1 heterocycles. The third-order valence-corrected chi connectivity index (χ3v) is 3.88. The quantitative estimate of drug-likeness (QED) is 0.861. The van der Waals surface area contributed by atoms with Gasteiger partial charge in [-0.15, -0.1) is 0 Å². The molecule has 0 aromatic heterocycles. The molecule has 23 heavy (non-hydrogen) atoms. The normalized spacial score (nSPS) is 16.7. The topological polar surface area (TPSA) is 84.7 Å². The summed E-state index contributed by atoms with van der Waals surface area (Å²) in [7, 11) is 0. The standard InChI is InChI=1S/C16H22FN3O3/c1-11(10-23-14-5-3-2-4-13(14)17)19-16(22)20-8-6-12(7-9-20)15(18)21/h2-5,11-12H,6-10H2,1H3,(H2,18,21)(H,19,22)/t11-/m0/s1. The fourth-order valence-electron chi connectivity index (χ4n) is 2.49. The minimum Gasteiger partial charge on any atom is -0.488 e. The molecule has 0 unspecified atom stereocenters. The third kappa shape index (κ3) is 4.84. The van der Waals surface area contributed by atoms with E-state index >= 15 is 0 Å². The molecule has 0 spiro atoms. The van der Waals surface area contributed by atoms with Crippen LogP contribution in [0, 0.1) is 11.7 Å². The number of carbonyl (C=O) groups is 2. The molecule has 1 atom stereocenters. The van der Waals surface area contributed by atoms with Crippen molar-refractivity contribution in [3.05, 3.63) is 30.1 Å². The summed E-state index contributed by atoms with van der Waals surface area (Å²) < 4.78 is 18.8. The number of urea groups is 1. The van der Waals surface area contributed by atoms with Crippen LogP contribution in [0.5, 0.6) is 5.75 Å². The van der Waals surface area contributed by atoms with Gasteiger partial charge in [0.2, 0.25) is 5.91 Å². The van der Waals surface area contributed by atoms with Crippen molar-refractivity contribution in [2.75, 3.05) is 19.7 Å². The lowest BCUT2D eigenvalue weighted by Gasteiger charge is -2.31. The number of piperidine rings is 1. The molecule has 6 nitrogen and oxygen atoms in total. The van der Waals surface area contributed by atoms with E-state index in [9.17, 15) is 14.0 Å². The summed E-state index contributed by atoms with van der Waals surface area (Å²) in [5, 5.41) is 2.81. The van der Waals surface area contributed by atoms with Crippen LogP contribution in [0.25, 0.3) is 0 Å². The number of primary amides is 1. The number of likely N-dealkylation sites (tertiary alicyclic amines) is 1. The fraction of sp³-hybridized carbons (Fsp3) is 0.500. The van der Waals surface area contributed by atoms with Gasteiger partial charge in [0.05, 0.1) is 6.04 Å². The number of rotatable bonds is 5. The van der Waals surface area contributed by atoms with Crippen molar-refractivity contribution in [1.29, 1.82) is 0 Å². The van der Waals surface area contributed by atoms with Gasteiger partial charge in [0.1, 0.15) is 6.61 Å². The number of nitrogens with two attached hydrogens (primary N) is 1. The van der Waals surface area contributed by atoms with Crippen LogP contribution in [0.4, 0.5) is 9.18 Å². The number of amides is 3. The van der Waals surface area contributed by atoms with Gasteiger partial charge in [-0.3, -0.25) is 4.79 Å². The zero-order valence-electron chi connectivity index (χ0n) is 13.1. The summed E-state index contributed by atoms with van der Waals surface area (Å²) in [4.78, 5) is 24.9. The van der Waals surface area contributed by atoms with Gasteiger partial charge < -0.3 is 20.7 Å². The Morgan fingerprint density at radius 2 is 2.04 bits per heavy atom. The van der Waals surface area contributed by atoms with Crippen LogP contribution in [0.2, 0.25) is 0 Å². The largest absolute Gasteiger partial charge is 0.488 e. The molecule has 1 aliphatic heterocycles. The molecule has 126 valence electrons. The molecule has 0 aliphatic carbocycles. The number of hydrogen-bond donors (Lipinski definition) is 2. The first kappa shape index (κ1) is 17.1. The van der Waals surface area contributed by atoms with Crippen molar-refractivity contribution in [1.82, 2.24) is 10.2 Å². The molecule has 3 N–H and O–H groups in total. The SMILES string of the molecule is C[C@@H](COc1ccccc1F)NC(=O)N1CCC(C(N)=O)CC1. The summed E-state index contributed by atoms with van der Waals surface area (Å²) in [5.41, 5.74) is 5.27. The van der Waals surface area contributed by atoms with E-state index in [0.717, 1.165) is 0 Å². The van der Waals surface area contributed by atoms with Gasteiger partial charge in [0.15, 0.2) is 11.6 Å². The third-order valence-electron chi connectivity index (χ3n) is 3.88. The lowest BCUT2D eigenvalue weighted by Crippen LogP contribution is -2.49. The highest BCUT2D eigenvalue weighted by Gasteiger charge is 2.26. The Bertz CT molecular complexity index is 559. The van der Waals surface area contributed by atoms with Crippen LogP contribution < -0.4 is 15.8 Å². The number of nitrogens with one attached hydrogen (secondary N) is 1. The Morgan fingerprint density at radius 3 is 2.65 bits per heavy atom. The number of carbonyl (C=O) groups excluding carboxylic acids is 2. The number of nitrogens with zero attached hydrogens (tertiary/aromatic N) is 1. The number of hydrogen-bond acceptors (Lipinski definition) is 3. The molecule has 0 bridgehead atoms. The Balaban J connectivity index is 1.75. The Morgan fingerprint density at radius 1 is 1.39 bits per heavy atom. The summed E-state index contributed by atoms with van der Waals surface area (Å²) in [6.07, 6.45) is 1.17. The molecule has 3 amide bonds. The second-order valence-electron chi connectivity index (χ2n) is 5.76. The first-order chi connectivity index (χ1) is 11.0. The van der Waals surface area contributed by atoms with Crippen LogP contribution in [0.3, 0.4) is 0 Å². The molecular formula is C16H22FN3O3. The van der Waals surface area contributed by atoms with Gasteiger partial charge >= 0.3 is 6.03 Å². The van der Waals surface area contributed by atoms with Crippen LogP contribution in [-0.4, -0.2) is 42.6 Å². The Labute approximate surface area is 134 Å². The van der Waals surface area contributed by atoms with Crippen molar-refractivity contribution in [3.63, 3.8) is 0 Å². The van der Waals surface area contributed by atoms with Crippen molar-refractivity contribution in [2.24, 2.45) is 11.7 Å². The molecule has 1 aromatic rings. The summed E-state index contributed by atoms with van der Waals surface area (Å²) in [6, 6.07) is 5.65. The molecule has 2 rings (SSSR count). The molecule has 1 aromatic carbocycles. The smallest absolute Gasteiger partial charge is 0.317 e. The molecule has 0 radical (unpaired) electrons. The predicted molar refractivity (Wildman–Crippen MR) is 83.4 cm³/mol. The molecule has 0 saturated carbocycles. The van der Waals surface area contributed by atoms with E-state index in [1.54, 1.807) is 30.0 Å². The van der Waals surface area contributed by atoms with Crippen molar-refractivity contribution in [2.45, 2.75) is 25.8 Å². The molecule has 7 heteroatoms. The van der Waals surface area contributed by atoms with E-state index in [0.29, 0.717) is 25.9 Å². The second kappa shape index (κ2) is 7.80. The van der Waals surface area contributed by atoms with Crippen LogP contribution in [-0.2, 0) is 4.79 Å². The lowest BCUT2D eigenvalue weighted by atomic mass is 9.96. The van der Waals surface area contributed by atoms with Crippen molar-refractivity contribution in [3.8, 4) is 5.75 Å². The van der Waals surface area contributed by atoms with Crippen LogP contribution in [0.1, 0.15) is 19.8 Å². The van der Waals surface area contributed by atoms with E-state index < -0.39 is 5.82 Å². The Hall–Kier alpha value is -2.31. The number of halogens is 1. The van der Waals surface area contributed by atoms with Gasteiger partial charge in [-0.25, -0.2) is 9.18 Å². The van der Waals surface area contributed by atoms with Crippen LogP contribution in [0.15, 0.2) is 24.3 Å². The minimum absolute atomic E-state index is 0.152. The van der Waals surface area contributed by atoms with Gasteiger partial charge in [-0.05, 0) is 31.9 Å². The summed E-state index contributed by atoms with van der Waals surface area (Å²) in [6.45, 7) is 2.96. The zero-order valence-corrected chi connectivity index (χ0v) is 13.1. The molecule has 1 saturated heterocycles. The highest BCUT2D eigenvalue weighted by Crippen LogP contribution is 2.17. The number of ether oxygens (including phenoxy) is 1. The second-order valence-corrected chi connectivity index (χ2v) is 5.76. The molecule has 1 fully saturated rings. The molecular weight excluding hydrogens is 301 g/mol. The average Bonchev–Trinajstić information content (AvgIpc) is 2.54. The maximum Gasteiger partial charge on any atom is 0.317 e. The first-order valence-electron chi connectivity index (χ1n) is 7.69. The predicted octanol–water partition coefficient (Wildman–Crippen LogP) is 1.50. The van der Waals surface area contributed by atoms with Gasteiger partial charge in [0.25, 0.3) is 0 Å². The van der Waals surface area contributed by atoms with E-state index in [1.807, 2.05) is 0 Å². The summed E-state index contributed by atoms with van der Waals surface area (Å²) in [5.74, 6) is -0.729. The number of para-hydroxylation sites is 1. The first-order valence-corrected chi connectivity index (χ1v) is 7.69. The zero-order chi connectivity index (χ0) is 16.8. The van der Waals surface area contributed by atoms with Crippen molar-refractivity contribution < 1.29 is 18.7 Å². The lowest BCUT2D eigenvalue weighted by molar-refractivity contribution is -0.123. The number of benzene rings is 1.